The van der Waals surface area contributed by atoms with Gasteiger partial charge in [-0.15, -0.1) is 4.48 Å². The molecule has 0 saturated carbocycles. The maximum absolute atomic E-state index is 12.4. The van der Waals surface area contributed by atoms with Gasteiger partial charge in [0.2, 0.25) is 0 Å². The molecule has 0 aromatic rings. The molecule has 0 amide bonds. The fourth-order valence-electron chi connectivity index (χ4n) is 0.741. The van der Waals surface area contributed by atoms with Crippen LogP contribution in [0.4, 0.5) is 13.3 Å². The second-order valence-corrected chi connectivity index (χ2v) is 2.11. The number of halogens is 3. The first-order valence-corrected chi connectivity index (χ1v) is 2.85. The normalized spacial score (nSPS) is 34.1. The van der Waals surface area contributed by atoms with Gasteiger partial charge in [0.05, 0.1) is 0 Å². The second-order valence-electron chi connectivity index (χ2n) is 2.11. The van der Waals surface area contributed by atoms with Crippen LogP contribution in [0, 0.1) is 0 Å². The minimum atomic E-state index is -3.57. The first-order chi connectivity index (χ1) is 4.55. The maximum atomic E-state index is 12.4. The molecular weight excluding hydrogens is 144 g/mol. The van der Waals surface area contributed by atoms with Gasteiger partial charge in [-0.1, -0.05) is 5.12 Å². The van der Waals surface area contributed by atoms with E-state index in [1.54, 1.807) is 0 Å². The number of nitrogens with one attached hydrogen (secondary N) is 1. The molecule has 0 aromatic heterocycles. The van der Waals surface area contributed by atoms with Crippen molar-refractivity contribution in [3.05, 3.63) is 0 Å². The zero-order valence-corrected chi connectivity index (χ0v) is 5.15. The topological polar surface area (TPSA) is 15.3 Å². The van der Waals surface area contributed by atoms with Crippen LogP contribution in [0.1, 0.15) is 0 Å². The zero-order chi connectivity index (χ0) is 7.78. The van der Waals surface area contributed by atoms with E-state index < -0.39 is 17.1 Å². The molecule has 0 aromatic carbocycles. The molecule has 1 fully saturated rings. The van der Waals surface area contributed by atoms with Crippen molar-refractivity contribution in [3.8, 4) is 0 Å². The molecule has 2 radical (unpaired) electrons. The number of alkyl halides is 2. The molecule has 1 aliphatic heterocycles. The Balaban J connectivity index is 2.63. The van der Waals surface area contributed by atoms with Crippen LogP contribution in [0.2, 0.25) is 0 Å². The molecule has 1 N–H and O–H groups in total. The van der Waals surface area contributed by atoms with E-state index >= 15 is 0 Å². The number of rotatable bonds is 0. The SMILES string of the molecule is [B]C1NCCN(F)C1(F)F. The highest BCUT2D eigenvalue weighted by Crippen LogP contribution is 2.24. The van der Waals surface area contributed by atoms with Gasteiger partial charge in [0.25, 0.3) is 0 Å². The summed E-state index contributed by atoms with van der Waals surface area (Å²) in [6, 6.07) is -3.57. The first kappa shape index (κ1) is 7.88. The zero-order valence-electron chi connectivity index (χ0n) is 5.15. The van der Waals surface area contributed by atoms with Crippen LogP contribution < -0.4 is 5.32 Å². The van der Waals surface area contributed by atoms with E-state index in [1.165, 1.54) is 0 Å². The van der Waals surface area contributed by atoms with Gasteiger partial charge < -0.3 is 5.32 Å². The number of hydrogen-bond acceptors (Lipinski definition) is 2. The second kappa shape index (κ2) is 2.43. The molecule has 0 aliphatic carbocycles. The molecule has 0 spiro atoms. The minimum Gasteiger partial charge on any atom is -0.314 e. The van der Waals surface area contributed by atoms with Crippen LogP contribution in [0.5, 0.6) is 0 Å². The van der Waals surface area contributed by atoms with Crippen molar-refractivity contribution in [2.45, 2.75) is 12.0 Å². The van der Waals surface area contributed by atoms with Crippen molar-refractivity contribution in [2.24, 2.45) is 0 Å². The van der Waals surface area contributed by atoms with Crippen LogP contribution in [-0.2, 0) is 0 Å². The maximum Gasteiger partial charge on any atom is 0.336 e. The Hall–Kier alpha value is -0.225. The molecule has 6 heteroatoms. The number of hydrogen-bond donors (Lipinski definition) is 1. The Morgan fingerprint density at radius 2 is 2.20 bits per heavy atom. The Labute approximate surface area is 57.7 Å². The largest absolute Gasteiger partial charge is 0.336 e. The summed E-state index contributed by atoms with van der Waals surface area (Å²) in [6.07, 6.45) is 0. The van der Waals surface area contributed by atoms with Gasteiger partial charge in [0.1, 0.15) is 7.85 Å². The van der Waals surface area contributed by atoms with Crippen molar-refractivity contribution in [1.29, 1.82) is 0 Å². The summed E-state index contributed by atoms with van der Waals surface area (Å²) in [7, 11) is 4.86. The molecule has 56 valence electrons. The van der Waals surface area contributed by atoms with E-state index in [-0.39, 0.29) is 13.1 Å². The summed E-state index contributed by atoms with van der Waals surface area (Å²) >= 11 is 0. The van der Waals surface area contributed by atoms with Crippen LogP contribution in [0.15, 0.2) is 0 Å². The lowest BCUT2D eigenvalue weighted by atomic mass is 9.92. The molecule has 2 nitrogen and oxygen atoms in total. The Morgan fingerprint density at radius 1 is 1.60 bits per heavy atom. The summed E-state index contributed by atoms with van der Waals surface area (Å²) < 4.78 is 36.9. The fourth-order valence-corrected chi connectivity index (χ4v) is 0.741. The predicted molar refractivity (Wildman–Crippen MR) is 30.3 cm³/mol. The lowest BCUT2D eigenvalue weighted by Crippen LogP contribution is -2.60. The average molecular weight is 150 g/mol. The quantitative estimate of drug-likeness (QED) is 0.293. The van der Waals surface area contributed by atoms with E-state index in [9.17, 15) is 13.3 Å². The smallest absolute Gasteiger partial charge is 0.314 e. The summed E-state index contributed by atoms with van der Waals surface area (Å²) in [6.45, 7) is -0.187. The van der Waals surface area contributed by atoms with Crippen LogP contribution in [0.25, 0.3) is 0 Å². The lowest BCUT2D eigenvalue weighted by molar-refractivity contribution is -0.251. The average Bonchev–Trinajstić information content (AvgIpc) is 1.84. The van der Waals surface area contributed by atoms with E-state index in [1.807, 2.05) is 0 Å². The number of piperazine rings is 1. The van der Waals surface area contributed by atoms with E-state index in [2.05, 4.69) is 5.32 Å². The summed E-state index contributed by atoms with van der Waals surface area (Å²) in [5, 5.41) is 1.70. The molecule has 1 aliphatic rings. The molecule has 1 saturated heterocycles. The fraction of sp³-hybridized carbons (Fsp3) is 1.00. The molecule has 0 bridgehead atoms. The van der Waals surface area contributed by atoms with Crippen molar-refractivity contribution in [3.63, 3.8) is 0 Å². The van der Waals surface area contributed by atoms with Gasteiger partial charge in [-0.2, -0.15) is 8.78 Å². The van der Waals surface area contributed by atoms with Gasteiger partial charge in [-0.25, -0.2) is 0 Å². The summed E-state index contributed by atoms with van der Waals surface area (Å²) in [5.41, 5.74) is 0. The highest BCUT2D eigenvalue weighted by atomic mass is 19.3. The van der Waals surface area contributed by atoms with Crippen LogP contribution in [0.3, 0.4) is 0 Å². The molecule has 1 atom stereocenters. The third kappa shape index (κ3) is 1.13. The first-order valence-electron chi connectivity index (χ1n) is 2.85. The lowest BCUT2D eigenvalue weighted by Gasteiger charge is -2.34. The molecular formula is C4H6BF3N2. The van der Waals surface area contributed by atoms with Gasteiger partial charge in [0, 0.05) is 19.0 Å². The van der Waals surface area contributed by atoms with Gasteiger partial charge in [0.15, 0.2) is 0 Å². The van der Waals surface area contributed by atoms with Crippen molar-refractivity contribution < 1.29 is 13.3 Å². The Kier molecular flexibility index (Phi) is 1.91. The highest BCUT2D eigenvalue weighted by molar-refractivity contribution is 6.12. The molecule has 1 unspecified atom stereocenters. The van der Waals surface area contributed by atoms with Crippen molar-refractivity contribution >= 4 is 7.85 Å². The highest BCUT2D eigenvalue weighted by Gasteiger charge is 2.45. The Bertz CT molecular complexity index is 120. The van der Waals surface area contributed by atoms with Crippen LogP contribution >= 0.6 is 0 Å². The molecule has 1 heterocycles. The summed E-state index contributed by atoms with van der Waals surface area (Å²) in [5.74, 6) is -1.61. The van der Waals surface area contributed by atoms with Crippen molar-refractivity contribution in [1.82, 2.24) is 10.4 Å². The summed E-state index contributed by atoms with van der Waals surface area (Å²) in [4.78, 5) is 0. The Morgan fingerprint density at radius 3 is 2.60 bits per heavy atom. The van der Waals surface area contributed by atoms with Crippen LogP contribution in [-0.4, -0.2) is 38.0 Å². The predicted octanol–water partition coefficient (Wildman–Crippen LogP) is -0.137. The van der Waals surface area contributed by atoms with E-state index in [0.717, 1.165) is 0 Å². The molecule has 10 heavy (non-hydrogen) atoms. The van der Waals surface area contributed by atoms with Gasteiger partial charge >= 0.3 is 6.05 Å². The van der Waals surface area contributed by atoms with E-state index in [0.29, 0.717) is 0 Å². The standard InChI is InChI=1S/C4H6BF3N2/c5-3-4(6,7)10(8)2-1-9-3/h3,9H,1-2H2. The number of nitrogens with zero attached hydrogens (tertiary/aromatic N) is 1. The van der Waals surface area contributed by atoms with Gasteiger partial charge in [-0.3, -0.25) is 0 Å². The van der Waals surface area contributed by atoms with Gasteiger partial charge in [-0.05, 0) is 0 Å². The van der Waals surface area contributed by atoms with E-state index in [4.69, 9.17) is 7.85 Å². The minimum absolute atomic E-state index is 0.146. The monoisotopic (exact) mass is 150 g/mol. The van der Waals surface area contributed by atoms with Crippen molar-refractivity contribution in [2.75, 3.05) is 13.1 Å². The third-order valence-corrected chi connectivity index (χ3v) is 1.37. The molecule has 1 rings (SSSR count). The third-order valence-electron chi connectivity index (χ3n) is 1.37.